The van der Waals surface area contributed by atoms with E-state index in [1.807, 2.05) is 0 Å². The summed E-state index contributed by atoms with van der Waals surface area (Å²) >= 11 is 0. The smallest absolute Gasteiger partial charge is 0.387 e. The minimum absolute atomic E-state index is 0.0503. The number of aromatic nitrogens is 6. The Balaban J connectivity index is 1.51. The van der Waals surface area contributed by atoms with Gasteiger partial charge in [-0.1, -0.05) is 4.98 Å². The third kappa shape index (κ3) is 4.50. The van der Waals surface area contributed by atoms with Crippen molar-refractivity contribution in [2.75, 3.05) is 12.3 Å². The van der Waals surface area contributed by atoms with Crippen LogP contribution in [0.2, 0.25) is 0 Å². The van der Waals surface area contributed by atoms with Crippen LogP contribution in [0.1, 0.15) is 6.23 Å². The number of aryl methyl sites for hydroxylation is 1. The molecule has 0 aliphatic carbocycles. The predicted octanol–water partition coefficient (Wildman–Crippen LogP) is -2.27. The van der Waals surface area contributed by atoms with Crippen molar-refractivity contribution in [3.8, 4) is 0 Å². The van der Waals surface area contributed by atoms with Crippen LogP contribution in [0.15, 0.2) is 29.8 Å². The third-order valence-corrected chi connectivity index (χ3v) is 7.77. The van der Waals surface area contributed by atoms with E-state index in [1.54, 1.807) is 0 Å². The van der Waals surface area contributed by atoms with Crippen LogP contribution in [0.25, 0.3) is 11.2 Å². The van der Waals surface area contributed by atoms with Crippen molar-refractivity contribution in [2.24, 2.45) is 7.05 Å². The van der Waals surface area contributed by atoms with Gasteiger partial charge in [-0.3, -0.25) is 18.9 Å². The van der Waals surface area contributed by atoms with Crippen molar-refractivity contribution < 1.29 is 47.3 Å². The number of fused-ring (bicyclic) bond motifs is 1. The quantitative estimate of drug-likeness (QED) is 0.146. The van der Waals surface area contributed by atoms with E-state index in [2.05, 4.69) is 19.3 Å². The maximum Gasteiger partial charge on any atom is 0.480 e. The summed E-state index contributed by atoms with van der Waals surface area (Å²) in [7, 11) is -8.37. The highest BCUT2D eigenvalue weighted by molar-refractivity contribution is 7.63. The average molecular weight is 508 g/mol. The normalized spacial score (nSPS) is 26.9. The summed E-state index contributed by atoms with van der Waals surface area (Å²) in [6.07, 6.45) is -1.33. The average Bonchev–Trinajstić information content (AvgIpc) is 3.41. The Bertz CT molecular complexity index is 1320. The second-order valence-corrected chi connectivity index (χ2v) is 10.4. The fourth-order valence-corrected chi connectivity index (χ4v) is 5.68. The first kappa shape index (κ1) is 23.7. The molecule has 17 nitrogen and oxygen atoms in total. The number of nitrogen functional groups attached to an aromatic ring is 1. The summed E-state index contributed by atoms with van der Waals surface area (Å²) in [5.74, 6) is -0.190. The van der Waals surface area contributed by atoms with Gasteiger partial charge in [-0.25, -0.2) is 23.0 Å². The van der Waals surface area contributed by atoms with Crippen molar-refractivity contribution in [3.63, 3.8) is 0 Å². The topological polar surface area (TPSA) is 241 Å². The number of ether oxygens (including phenoxy) is 1. The van der Waals surface area contributed by atoms with Gasteiger partial charge in [0.1, 0.15) is 24.6 Å². The molecule has 1 aliphatic heterocycles. The second kappa shape index (κ2) is 8.39. The van der Waals surface area contributed by atoms with Crippen molar-refractivity contribution in [3.05, 3.63) is 35.4 Å². The number of H-pyrrole nitrogens is 1. The van der Waals surface area contributed by atoms with Gasteiger partial charge in [-0.05, 0) is 0 Å². The largest absolute Gasteiger partial charge is 0.480 e. The second-order valence-electron chi connectivity index (χ2n) is 7.08. The summed E-state index contributed by atoms with van der Waals surface area (Å²) in [6, 6.07) is 0. The molecule has 1 fully saturated rings. The molecule has 7 N–H and O–H groups in total. The lowest BCUT2D eigenvalue weighted by Crippen LogP contribution is -2.46. The van der Waals surface area contributed by atoms with Crippen molar-refractivity contribution >= 4 is 32.7 Å². The van der Waals surface area contributed by atoms with Gasteiger partial charge in [-0.2, -0.15) is 4.31 Å². The molecule has 0 spiro atoms. The molecule has 3 aromatic heterocycles. The monoisotopic (exact) mass is 508 g/mol. The summed E-state index contributed by atoms with van der Waals surface area (Å²) in [5.41, 5.74) is 5.21. The molecule has 0 saturated carbocycles. The number of imidazole rings is 2. The summed E-state index contributed by atoms with van der Waals surface area (Å²) in [5, 5.41) is 20.8. The molecule has 1 aliphatic rings. The number of nitrogens with two attached hydrogens (primary N) is 1. The Kier molecular flexibility index (Phi) is 6.03. The summed E-state index contributed by atoms with van der Waals surface area (Å²) in [6.45, 7) is -0.798. The number of nitrogens with one attached hydrogen (secondary N) is 1. The molecule has 0 aromatic carbocycles. The Morgan fingerprint density at radius 3 is 2.73 bits per heavy atom. The molecule has 4 rings (SSSR count). The van der Waals surface area contributed by atoms with Gasteiger partial charge >= 0.3 is 21.2 Å². The first-order valence-corrected chi connectivity index (χ1v) is 12.2. The number of phosphoric acid groups is 1. The minimum Gasteiger partial charge on any atom is -0.387 e. The fraction of sp³-hybridized carbons (Fsp3) is 0.429. The maximum absolute atomic E-state index is 12.2. The van der Waals surface area contributed by atoms with Gasteiger partial charge in [-0.15, -0.1) is 0 Å². The van der Waals surface area contributed by atoms with E-state index < -0.39 is 52.3 Å². The Labute approximate surface area is 183 Å². The van der Waals surface area contributed by atoms with Gasteiger partial charge in [0.05, 0.1) is 13.7 Å². The molecular formula is C14H20N7O10P2+. The van der Waals surface area contributed by atoms with Crippen molar-refractivity contribution in [1.29, 1.82) is 0 Å². The highest BCUT2D eigenvalue weighted by Crippen LogP contribution is 2.60. The zero-order chi connectivity index (χ0) is 24.1. The molecule has 0 amide bonds. The Morgan fingerprint density at radius 1 is 1.33 bits per heavy atom. The van der Waals surface area contributed by atoms with Crippen LogP contribution in [-0.2, 0) is 29.7 Å². The predicted molar refractivity (Wildman–Crippen MR) is 106 cm³/mol. The molecule has 19 heteroatoms. The molecular weight excluding hydrogens is 488 g/mol. The van der Waals surface area contributed by atoms with Crippen LogP contribution in [0, 0.1) is 0 Å². The molecule has 0 bridgehead atoms. The zero-order valence-corrected chi connectivity index (χ0v) is 18.6. The van der Waals surface area contributed by atoms with Crippen molar-refractivity contribution in [1.82, 2.24) is 23.9 Å². The molecule has 4 heterocycles. The molecule has 1 saturated heterocycles. The number of phosphoric ester groups is 1. The van der Waals surface area contributed by atoms with E-state index in [1.165, 1.54) is 22.5 Å². The van der Waals surface area contributed by atoms with E-state index in [0.29, 0.717) is 4.34 Å². The molecule has 3 unspecified atom stereocenters. The van der Waals surface area contributed by atoms with Gasteiger partial charge in [0, 0.05) is 12.4 Å². The lowest BCUT2D eigenvalue weighted by atomic mass is 10.1. The number of hydrogen-bond donors (Lipinski definition) is 6. The third-order valence-electron chi connectivity index (χ3n) is 4.79. The van der Waals surface area contributed by atoms with E-state index in [9.17, 15) is 33.9 Å². The number of aliphatic hydroxyl groups excluding tert-OH is 2. The SMILES string of the molecule is Cn1c[n+]([C@@H]2O[C@H](COP(=O)(O)OP(=O)(O)n3ccnc3)[C@H](O)C2O)c2nc(N)[nH]c(=O)c21. The number of aliphatic hydroxyl groups is 2. The Hall–Kier alpha value is -2.46. The number of rotatable bonds is 7. The Morgan fingerprint density at radius 2 is 2.06 bits per heavy atom. The van der Waals surface area contributed by atoms with Crippen LogP contribution in [0.3, 0.4) is 0 Å². The van der Waals surface area contributed by atoms with Crippen LogP contribution in [-0.4, -0.2) is 68.8 Å². The van der Waals surface area contributed by atoms with E-state index in [0.717, 1.165) is 18.7 Å². The van der Waals surface area contributed by atoms with E-state index >= 15 is 0 Å². The standard InChI is InChI=1S/C14H19N7O10P2/c1-19-6-21(11-8(19)12(24)18-14(15)17-11)13-10(23)9(22)7(30-13)4-29-33(27,28)31-32(25,26)20-3-2-16-5-20/h2-3,5-7,9-10,13,22-23H,4H2,1H3,(H4-,15,17,18,24,25,26,27,28)/p+1/t7-,9+,10?,13-/m1/s1. The first-order valence-electron chi connectivity index (χ1n) is 9.17. The number of aromatic amines is 1. The van der Waals surface area contributed by atoms with Crippen LogP contribution >= 0.6 is 15.6 Å². The molecule has 6 atom stereocenters. The number of hydrogen-bond acceptors (Lipinski definition) is 11. The number of anilines is 1. The summed E-state index contributed by atoms with van der Waals surface area (Å²) < 4.78 is 42.1. The molecule has 0 radical (unpaired) electrons. The van der Waals surface area contributed by atoms with Gasteiger partial charge < -0.3 is 30.5 Å². The van der Waals surface area contributed by atoms with Gasteiger partial charge in [0.15, 0.2) is 6.33 Å². The van der Waals surface area contributed by atoms with Crippen LogP contribution in [0.4, 0.5) is 5.95 Å². The highest BCUT2D eigenvalue weighted by atomic mass is 31.3. The fourth-order valence-electron chi connectivity index (χ4n) is 3.32. The van der Waals surface area contributed by atoms with Gasteiger partial charge in [0.2, 0.25) is 11.7 Å². The molecule has 3 aromatic rings. The number of nitrogens with zero attached hydrogens (tertiary/aromatic N) is 5. The zero-order valence-electron chi connectivity index (χ0n) is 16.8. The first-order chi connectivity index (χ1) is 15.4. The summed E-state index contributed by atoms with van der Waals surface area (Å²) in [4.78, 5) is 41.7. The van der Waals surface area contributed by atoms with Gasteiger partial charge in [0.25, 0.3) is 11.5 Å². The lowest BCUT2D eigenvalue weighted by molar-refractivity contribution is -0.745. The molecule has 33 heavy (non-hydrogen) atoms. The lowest BCUT2D eigenvalue weighted by Gasteiger charge is -2.19. The van der Waals surface area contributed by atoms with E-state index in [-0.39, 0.29) is 17.1 Å². The van der Waals surface area contributed by atoms with Crippen molar-refractivity contribution in [2.45, 2.75) is 24.5 Å². The minimum atomic E-state index is -5.11. The highest BCUT2D eigenvalue weighted by Gasteiger charge is 2.48. The van der Waals surface area contributed by atoms with E-state index in [4.69, 9.17) is 15.0 Å². The van der Waals surface area contributed by atoms with Crippen LogP contribution < -0.4 is 15.9 Å². The van der Waals surface area contributed by atoms with Crippen LogP contribution in [0.5, 0.6) is 0 Å². The molecule has 180 valence electrons. The maximum atomic E-state index is 12.2.